The van der Waals surface area contributed by atoms with Crippen LogP contribution in [0.5, 0.6) is 0 Å². The van der Waals surface area contributed by atoms with E-state index in [1.165, 1.54) is 0 Å². The third-order valence-electron chi connectivity index (χ3n) is 2.93. The Bertz CT molecular complexity index is 606. The quantitative estimate of drug-likeness (QED) is 0.648. The van der Waals surface area contributed by atoms with E-state index < -0.39 is 0 Å². The topological polar surface area (TPSA) is 53.5 Å². The summed E-state index contributed by atoms with van der Waals surface area (Å²) in [5.41, 5.74) is 5.13. The fraction of sp³-hybridized carbons (Fsp3) is 0.176. The van der Waals surface area contributed by atoms with Gasteiger partial charge in [-0.2, -0.15) is 5.10 Å². The fourth-order valence-corrected chi connectivity index (χ4v) is 1.93. The van der Waals surface area contributed by atoms with Gasteiger partial charge in [0.05, 0.1) is 5.71 Å². The molecule has 0 aliphatic heterocycles. The van der Waals surface area contributed by atoms with Crippen molar-refractivity contribution in [3.05, 3.63) is 66.2 Å². The molecule has 0 heterocycles. The van der Waals surface area contributed by atoms with E-state index in [0.717, 1.165) is 17.0 Å². The number of benzene rings is 2. The Balaban J connectivity index is 2.05. The molecule has 2 rings (SSSR count). The van der Waals surface area contributed by atoms with Crippen LogP contribution in [0, 0.1) is 5.92 Å². The molecule has 0 unspecified atom stereocenters. The maximum absolute atomic E-state index is 11.8. The molecule has 4 heteroatoms. The zero-order valence-corrected chi connectivity index (χ0v) is 12.2. The molecular formula is C17H19N3O. The Kier molecular flexibility index (Phi) is 5.10. The summed E-state index contributed by atoms with van der Waals surface area (Å²) in [5.74, 6) is 0.212. The Hall–Kier alpha value is -2.62. The molecule has 0 bridgehead atoms. The highest BCUT2D eigenvalue weighted by Gasteiger charge is 2.09. The van der Waals surface area contributed by atoms with E-state index in [0.29, 0.717) is 0 Å². The van der Waals surface area contributed by atoms with E-state index >= 15 is 0 Å². The van der Waals surface area contributed by atoms with Crippen LogP contribution in [0.15, 0.2) is 65.8 Å². The van der Waals surface area contributed by atoms with Gasteiger partial charge in [0.15, 0.2) is 0 Å². The number of hydrogen-bond donors (Lipinski definition) is 2. The third kappa shape index (κ3) is 4.45. The molecule has 0 spiro atoms. The second kappa shape index (κ2) is 7.24. The lowest BCUT2D eigenvalue weighted by atomic mass is 10.0. The minimum atomic E-state index is -0.352. The summed E-state index contributed by atoms with van der Waals surface area (Å²) in [6.45, 7) is 4.09. The van der Waals surface area contributed by atoms with Crippen LogP contribution >= 0.6 is 0 Å². The van der Waals surface area contributed by atoms with Crippen LogP contribution in [0.3, 0.4) is 0 Å². The molecule has 2 amide bonds. The van der Waals surface area contributed by atoms with Crippen LogP contribution in [-0.4, -0.2) is 11.7 Å². The molecule has 2 aromatic carbocycles. The van der Waals surface area contributed by atoms with E-state index in [4.69, 9.17) is 0 Å². The van der Waals surface area contributed by atoms with Gasteiger partial charge in [0.2, 0.25) is 0 Å². The standard InChI is InChI=1S/C17H19N3O/c1-13(2)16(14-9-5-3-6-10-14)19-20-17(21)18-15-11-7-4-8-12-15/h3-13H,1-2H3,(H2,18,20,21)/b19-16-. The number of hydrogen-bond acceptors (Lipinski definition) is 2. The smallest absolute Gasteiger partial charge is 0.307 e. The Morgan fingerprint density at radius 2 is 1.52 bits per heavy atom. The van der Waals surface area contributed by atoms with Crippen LogP contribution in [0.4, 0.5) is 10.5 Å². The summed E-state index contributed by atoms with van der Waals surface area (Å²) in [6, 6.07) is 18.7. The first-order valence-corrected chi connectivity index (χ1v) is 6.92. The average Bonchev–Trinajstić information content (AvgIpc) is 2.49. The molecule has 0 atom stereocenters. The number of nitrogens with zero attached hydrogens (tertiary/aromatic N) is 1. The molecule has 2 N–H and O–H groups in total. The van der Waals surface area contributed by atoms with Gasteiger partial charge in [-0.15, -0.1) is 0 Å². The van der Waals surface area contributed by atoms with Crippen LogP contribution in [0.1, 0.15) is 19.4 Å². The summed E-state index contributed by atoms with van der Waals surface area (Å²) in [7, 11) is 0. The summed E-state index contributed by atoms with van der Waals surface area (Å²) in [6.07, 6.45) is 0. The van der Waals surface area contributed by atoms with Gasteiger partial charge in [0, 0.05) is 5.69 Å². The monoisotopic (exact) mass is 281 g/mol. The highest BCUT2D eigenvalue weighted by molar-refractivity contribution is 6.02. The second-order valence-corrected chi connectivity index (χ2v) is 4.95. The lowest BCUT2D eigenvalue weighted by Crippen LogP contribution is -2.26. The predicted molar refractivity (Wildman–Crippen MR) is 86.4 cm³/mol. The molecule has 0 aliphatic rings. The number of para-hydroxylation sites is 1. The number of anilines is 1. The largest absolute Gasteiger partial charge is 0.339 e. The minimum Gasteiger partial charge on any atom is -0.307 e. The van der Waals surface area contributed by atoms with E-state index in [1.54, 1.807) is 0 Å². The molecule has 21 heavy (non-hydrogen) atoms. The highest BCUT2D eigenvalue weighted by Crippen LogP contribution is 2.09. The van der Waals surface area contributed by atoms with Gasteiger partial charge in [0.1, 0.15) is 0 Å². The Morgan fingerprint density at radius 1 is 0.952 bits per heavy atom. The Labute approximate surface area is 124 Å². The molecule has 2 aromatic rings. The first-order chi connectivity index (χ1) is 10.2. The molecule has 0 aliphatic carbocycles. The lowest BCUT2D eigenvalue weighted by molar-refractivity contribution is 0.252. The average molecular weight is 281 g/mol. The third-order valence-corrected chi connectivity index (χ3v) is 2.93. The maximum atomic E-state index is 11.8. The number of hydrazone groups is 1. The number of carbonyl (C=O) groups excluding carboxylic acids is 1. The van der Waals surface area contributed by atoms with E-state index in [2.05, 4.69) is 15.8 Å². The van der Waals surface area contributed by atoms with Crippen molar-refractivity contribution in [1.82, 2.24) is 5.43 Å². The Morgan fingerprint density at radius 3 is 2.10 bits per heavy atom. The molecule has 0 fully saturated rings. The predicted octanol–water partition coefficient (Wildman–Crippen LogP) is 3.87. The van der Waals surface area contributed by atoms with Crippen molar-refractivity contribution in [2.75, 3.05) is 5.32 Å². The first kappa shape index (κ1) is 14.8. The van der Waals surface area contributed by atoms with Crippen LogP contribution in [0.2, 0.25) is 0 Å². The molecule has 108 valence electrons. The number of carbonyl (C=O) groups is 1. The van der Waals surface area contributed by atoms with Crippen molar-refractivity contribution < 1.29 is 4.79 Å². The minimum absolute atomic E-state index is 0.212. The number of urea groups is 1. The summed E-state index contributed by atoms with van der Waals surface area (Å²) >= 11 is 0. The summed E-state index contributed by atoms with van der Waals surface area (Å²) in [4.78, 5) is 11.8. The number of nitrogens with one attached hydrogen (secondary N) is 2. The molecule has 4 nitrogen and oxygen atoms in total. The molecular weight excluding hydrogens is 262 g/mol. The molecule has 0 aromatic heterocycles. The zero-order valence-electron chi connectivity index (χ0n) is 12.2. The maximum Gasteiger partial charge on any atom is 0.339 e. The van der Waals surface area contributed by atoms with Gasteiger partial charge in [-0.1, -0.05) is 62.4 Å². The van der Waals surface area contributed by atoms with Crippen LogP contribution in [-0.2, 0) is 0 Å². The first-order valence-electron chi connectivity index (χ1n) is 6.92. The number of rotatable bonds is 4. The van der Waals surface area contributed by atoms with Crippen molar-refractivity contribution in [1.29, 1.82) is 0 Å². The highest BCUT2D eigenvalue weighted by atomic mass is 16.2. The van der Waals surface area contributed by atoms with E-state index in [-0.39, 0.29) is 11.9 Å². The van der Waals surface area contributed by atoms with Gasteiger partial charge in [0.25, 0.3) is 0 Å². The molecule has 0 saturated heterocycles. The van der Waals surface area contributed by atoms with Gasteiger partial charge < -0.3 is 5.32 Å². The van der Waals surface area contributed by atoms with E-state index in [1.807, 2.05) is 74.5 Å². The zero-order chi connectivity index (χ0) is 15.1. The second-order valence-electron chi connectivity index (χ2n) is 4.95. The number of amides is 2. The van der Waals surface area contributed by atoms with Gasteiger partial charge in [-0.3, -0.25) is 0 Å². The van der Waals surface area contributed by atoms with Gasteiger partial charge in [-0.05, 0) is 23.6 Å². The molecule has 0 radical (unpaired) electrons. The van der Waals surface area contributed by atoms with Crippen molar-refractivity contribution in [3.63, 3.8) is 0 Å². The van der Waals surface area contributed by atoms with Crippen molar-refractivity contribution >= 4 is 17.4 Å². The van der Waals surface area contributed by atoms with Crippen molar-refractivity contribution in [2.45, 2.75) is 13.8 Å². The van der Waals surface area contributed by atoms with Crippen molar-refractivity contribution in [3.8, 4) is 0 Å². The van der Waals surface area contributed by atoms with Crippen molar-refractivity contribution in [2.24, 2.45) is 11.0 Å². The normalized spacial score (nSPS) is 11.3. The lowest BCUT2D eigenvalue weighted by Gasteiger charge is -2.11. The molecule has 0 saturated carbocycles. The van der Waals surface area contributed by atoms with Gasteiger partial charge >= 0.3 is 6.03 Å². The van der Waals surface area contributed by atoms with Crippen LogP contribution in [0.25, 0.3) is 0 Å². The van der Waals surface area contributed by atoms with Crippen LogP contribution < -0.4 is 10.7 Å². The summed E-state index contributed by atoms with van der Waals surface area (Å²) in [5, 5.41) is 6.97. The van der Waals surface area contributed by atoms with Gasteiger partial charge in [-0.25, -0.2) is 10.2 Å². The fourth-order valence-electron chi connectivity index (χ4n) is 1.93. The summed E-state index contributed by atoms with van der Waals surface area (Å²) < 4.78 is 0. The van der Waals surface area contributed by atoms with E-state index in [9.17, 15) is 4.79 Å². The SMILES string of the molecule is CC(C)/C(=N/NC(=O)Nc1ccccc1)c1ccccc1.